The van der Waals surface area contributed by atoms with E-state index in [4.69, 9.17) is 4.74 Å². The largest absolute Gasteiger partial charge is 0.376 e. The van der Waals surface area contributed by atoms with Crippen LogP contribution in [0.4, 0.5) is 0 Å². The number of halogens is 1. The average molecular weight is 451 g/mol. The average Bonchev–Trinajstić information content (AvgIpc) is 3.25. The molecule has 0 unspecified atom stereocenters. The van der Waals surface area contributed by atoms with Crippen LogP contribution in [0.5, 0.6) is 0 Å². The quantitative estimate of drug-likeness (QED) is 0.722. The molecule has 1 atom stereocenters. The van der Waals surface area contributed by atoms with Crippen LogP contribution in [-0.2, 0) is 19.6 Å². The van der Waals surface area contributed by atoms with E-state index in [9.17, 15) is 13.2 Å². The van der Waals surface area contributed by atoms with Gasteiger partial charge in [-0.15, -0.1) is 11.3 Å². The lowest BCUT2D eigenvalue weighted by molar-refractivity contribution is -0.122. The van der Waals surface area contributed by atoms with E-state index in [0.717, 1.165) is 36.1 Å². The Bertz CT molecular complexity index is 693. The molecule has 0 radical (unpaired) electrons. The number of sulfonamides is 1. The van der Waals surface area contributed by atoms with Gasteiger partial charge in [0.1, 0.15) is 4.21 Å². The second-order valence-electron chi connectivity index (χ2n) is 6.55. The van der Waals surface area contributed by atoms with Gasteiger partial charge in [-0.05, 0) is 59.7 Å². The molecule has 0 saturated carbocycles. The van der Waals surface area contributed by atoms with E-state index >= 15 is 0 Å². The molecule has 1 aromatic heterocycles. The molecule has 0 bridgehead atoms. The van der Waals surface area contributed by atoms with Crippen molar-refractivity contribution in [3.63, 3.8) is 0 Å². The van der Waals surface area contributed by atoms with Crippen molar-refractivity contribution in [3.8, 4) is 0 Å². The summed E-state index contributed by atoms with van der Waals surface area (Å²) in [5, 5.41) is 2.94. The highest BCUT2D eigenvalue weighted by Gasteiger charge is 2.31. The second-order valence-corrected chi connectivity index (χ2v) is 11.2. The molecule has 25 heavy (non-hydrogen) atoms. The zero-order valence-corrected chi connectivity index (χ0v) is 17.2. The van der Waals surface area contributed by atoms with E-state index in [2.05, 4.69) is 21.2 Å². The predicted octanol–water partition coefficient (Wildman–Crippen LogP) is 2.60. The molecule has 1 aromatic rings. The van der Waals surface area contributed by atoms with Gasteiger partial charge in [0.15, 0.2) is 0 Å². The van der Waals surface area contributed by atoms with Crippen LogP contribution in [0.2, 0.25) is 0 Å². The van der Waals surface area contributed by atoms with Crippen LogP contribution >= 0.6 is 27.3 Å². The van der Waals surface area contributed by atoms with Crippen LogP contribution in [0.15, 0.2) is 20.1 Å². The molecule has 2 fully saturated rings. The lowest BCUT2D eigenvalue weighted by Crippen LogP contribution is -2.40. The van der Waals surface area contributed by atoms with Crippen LogP contribution in [0.25, 0.3) is 0 Å². The fourth-order valence-corrected chi connectivity index (χ4v) is 6.92. The third-order valence-corrected chi connectivity index (χ3v) is 8.73. The number of nitrogens with one attached hydrogen (secondary N) is 1. The number of ether oxygens (including phenoxy) is 1. The molecule has 1 amide bonds. The van der Waals surface area contributed by atoms with E-state index in [1.807, 2.05) is 0 Å². The van der Waals surface area contributed by atoms with E-state index in [1.165, 1.54) is 15.6 Å². The number of hydrogen-bond donors (Lipinski definition) is 1. The van der Waals surface area contributed by atoms with Crippen LogP contribution in [0.1, 0.15) is 32.1 Å². The highest BCUT2D eigenvalue weighted by Crippen LogP contribution is 2.31. The fraction of sp³-hybridized carbons (Fsp3) is 0.688. The summed E-state index contributed by atoms with van der Waals surface area (Å²) >= 11 is 4.54. The molecule has 2 saturated heterocycles. The Labute approximate surface area is 161 Å². The molecule has 0 aliphatic carbocycles. The van der Waals surface area contributed by atoms with E-state index < -0.39 is 10.0 Å². The van der Waals surface area contributed by atoms with Crippen LogP contribution in [-0.4, -0.2) is 51.0 Å². The molecule has 3 rings (SSSR count). The van der Waals surface area contributed by atoms with Gasteiger partial charge in [-0.25, -0.2) is 8.42 Å². The predicted molar refractivity (Wildman–Crippen MR) is 100 cm³/mol. The summed E-state index contributed by atoms with van der Waals surface area (Å²) < 4.78 is 33.4. The summed E-state index contributed by atoms with van der Waals surface area (Å²) in [5.74, 6) is 0.282. The summed E-state index contributed by atoms with van der Waals surface area (Å²) in [6, 6.07) is 3.39. The molecular formula is C16H23BrN2O4S2. The zero-order chi connectivity index (χ0) is 17.9. The summed E-state index contributed by atoms with van der Waals surface area (Å²) in [5.41, 5.74) is 0. The molecule has 0 aromatic carbocycles. The van der Waals surface area contributed by atoms with Crippen molar-refractivity contribution >= 4 is 43.2 Å². The van der Waals surface area contributed by atoms with Crippen molar-refractivity contribution in [3.05, 3.63) is 15.9 Å². The SMILES string of the molecule is O=C(CC1CCN(S(=O)(=O)c2ccc(Br)s2)CC1)NC[C@H]1CCCO1. The third kappa shape index (κ3) is 5.03. The fourth-order valence-electron chi connectivity index (χ4n) is 3.28. The van der Waals surface area contributed by atoms with Crippen molar-refractivity contribution in [2.24, 2.45) is 5.92 Å². The number of carbonyl (C=O) groups is 1. The molecular weight excluding hydrogens is 428 g/mol. The first-order valence-electron chi connectivity index (χ1n) is 8.59. The monoisotopic (exact) mass is 450 g/mol. The highest BCUT2D eigenvalue weighted by molar-refractivity contribution is 9.11. The Balaban J connectivity index is 1.44. The Morgan fingerprint density at radius 3 is 2.68 bits per heavy atom. The van der Waals surface area contributed by atoms with Crippen molar-refractivity contribution in [2.75, 3.05) is 26.2 Å². The Kier molecular flexibility index (Phi) is 6.54. The Morgan fingerprint density at radius 1 is 1.32 bits per heavy atom. The van der Waals surface area contributed by atoms with Gasteiger partial charge in [0.2, 0.25) is 5.91 Å². The summed E-state index contributed by atoms with van der Waals surface area (Å²) in [6.45, 7) is 2.32. The lowest BCUT2D eigenvalue weighted by Gasteiger charge is -2.30. The molecule has 6 nitrogen and oxygen atoms in total. The maximum atomic E-state index is 12.6. The van der Waals surface area contributed by atoms with Crippen LogP contribution < -0.4 is 5.32 Å². The summed E-state index contributed by atoms with van der Waals surface area (Å²) in [4.78, 5) is 12.1. The van der Waals surface area contributed by atoms with Crippen LogP contribution in [0, 0.1) is 5.92 Å². The molecule has 1 N–H and O–H groups in total. The summed E-state index contributed by atoms with van der Waals surface area (Å²) in [6.07, 6.45) is 4.13. The number of rotatable bonds is 6. The Hall–Kier alpha value is -0.480. The standard InChI is InChI=1S/C16H23BrN2O4S2/c17-14-3-4-16(24-14)25(21,22)19-7-5-12(6-8-19)10-15(20)18-11-13-2-1-9-23-13/h3-4,12-13H,1-2,5-11H2,(H,18,20)/t13-/m1/s1. The number of hydrogen-bond acceptors (Lipinski definition) is 5. The molecule has 140 valence electrons. The van der Waals surface area contributed by atoms with Gasteiger partial charge >= 0.3 is 0 Å². The molecule has 0 spiro atoms. The molecule has 2 aliphatic heterocycles. The maximum absolute atomic E-state index is 12.6. The van der Waals surface area contributed by atoms with Crippen LogP contribution in [0.3, 0.4) is 0 Å². The minimum Gasteiger partial charge on any atom is -0.376 e. The topological polar surface area (TPSA) is 75.7 Å². The minimum atomic E-state index is -3.41. The summed E-state index contributed by atoms with van der Waals surface area (Å²) in [7, 11) is -3.41. The van der Waals surface area contributed by atoms with Gasteiger partial charge in [0, 0.05) is 32.7 Å². The third-order valence-electron chi connectivity index (χ3n) is 4.74. The van der Waals surface area contributed by atoms with E-state index in [0.29, 0.717) is 30.3 Å². The number of piperidine rings is 1. The van der Waals surface area contributed by atoms with Crippen molar-refractivity contribution in [1.82, 2.24) is 9.62 Å². The maximum Gasteiger partial charge on any atom is 0.252 e. The number of amides is 1. The first kappa shape index (κ1) is 19.3. The highest BCUT2D eigenvalue weighted by atomic mass is 79.9. The first-order valence-corrected chi connectivity index (χ1v) is 11.6. The molecule has 9 heteroatoms. The lowest BCUT2D eigenvalue weighted by atomic mass is 9.94. The second kappa shape index (κ2) is 8.47. The van der Waals surface area contributed by atoms with Crippen molar-refractivity contribution < 1.29 is 17.9 Å². The minimum absolute atomic E-state index is 0.0407. The smallest absolute Gasteiger partial charge is 0.252 e. The zero-order valence-electron chi connectivity index (χ0n) is 13.9. The first-order chi connectivity index (χ1) is 11.9. The molecule has 3 heterocycles. The normalized spacial score (nSPS) is 23.0. The molecule has 2 aliphatic rings. The van der Waals surface area contributed by atoms with Gasteiger partial charge in [-0.1, -0.05) is 0 Å². The number of carbonyl (C=O) groups excluding carboxylic acids is 1. The van der Waals surface area contributed by atoms with Gasteiger partial charge in [-0.2, -0.15) is 4.31 Å². The van der Waals surface area contributed by atoms with E-state index in [1.54, 1.807) is 12.1 Å². The Morgan fingerprint density at radius 2 is 2.08 bits per heavy atom. The van der Waals surface area contributed by atoms with Gasteiger partial charge in [0.05, 0.1) is 9.89 Å². The number of thiophene rings is 1. The van der Waals surface area contributed by atoms with Gasteiger partial charge < -0.3 is 10.1 Å². The van der Waals surface area contributed by atoms with Crippen molar-refractivity contribution in [1.29, 1.82) is 0 Å². The van der Waals surface area contributed by atoms with Gasteiger partial charge in [0.25, 0.3) is 10.0 Å². The number of nitrogens with zero attached hydrogens (tertiary/aromatic N) is 1. The van der Waals surface area contributed by atoms with Gasteiger partial charge in [-0.3, -0.25) is 4.79 Å². The van der Waals surface area contributed by atoms with Crippen molar-refractivity contribution in [2.45, 2.75) is 42.4 Å². The van der Waals surface area contributed by atoms with E-state index in [-0.39, 0.29) is 17.9 Å².